The van der Waals surface area contributed by atoms with E-state index in [0.29, 0.717) is 5.75 Å². The summed E-state index contributed by atoms with van der Waals surface area (Å²) in [6.45, 7) is 3.26. The van der Waals surface area contributed by atoms with Gasteiger partial charge in [0.2, 0.25) is 0 Å². The van der Waals surface area contributed by atoms with Gasteiger partial charge in [0, 0.05) is 4.47 Å². The third-order valence-electron chi connectivity index (χ3n) is 2.13. The van der Waals surface area contributed by atoms with Crippen LogP contribution in [-0.4, -0.2) is 29.8 Å². The van der Waals surface area contributed by atoms with Gasteiger partial charge in [-0.3, -0.25) is 4.79 Å². The van der Waals surface area contributed by atoms with Gasteiger partial charge in [-0.05, 0) is 48.0 Å². The van der Waals surface area contributed by atoms with Crippen LogP contribution in [0, 0.1) is 0 Å². The Morgan fingerprint density at radius 3 is 2.67 bits per heavy atom. The van der Waals surface area contributed by atoms with Crippen molar-refractivity contribution in [3.63, 3.8) is 0 Å². The number of hydrogen-bond donors (Lipinski definition) is 2. The van der Waals surface area contributed by atoms with Crippen molar-refractivity contribution in [1.29, 1.82) is 0 Å². The molecule has 100 valence electrons. The van der Waals surface area contributed by atoms with Gasteiger partial charge in [0.25, 0.3) is 5.91 Å². The molecule has 0 aliphatic rings. The maximum absolute atomic E-state index is 11.6. The first-order valence-electron chi connectivity index (χ1n) is 5.34. The van der Waals surface area contributed by atoms with E-state index in [1.165, 1.54) is 0 Å². The number of halogens is 2. The maximum Gasteiger partial charge on any atom is 0.258 e. The Morgan fingerprint density at radius 1 is 1.44 bits per heavy atom. The molecule has 0 aromatic heterocycles. The predicted molar refractivity (Wildman–Crippen MR) is 76.6 cm³/mol. The number of carbonyl (C=O) groups excluding carboxylic acids is 1. The molecule has 0 radical (unpaired) electrons. The van der Waals surface area contributed by atoms with E-state index < -0.39 is 5.54 Å². The van der Waals surface area contributed by atoms with Crippen LogP contribution < -0.4 is 10.1 Å². The van der Waals surface area contributed by atoms with Crippen LogP contribution in [0.4, 0.5) is 0 Å². The van der Waals surface area contributed by atoms with Crippen LogP contribution in [0.2, 0.25) is 0 Å². The molecule has 0 aliphatic carbocycles. The highest BCUT2D eigenvalue weighted by atomic mass is 79.9. The number of hydrogen-bond acceptors (Lipinski definition) is 3. The lowest BCUT2D eigenvalue weighted by Gasteiger charge is -2.23. The van der Waals surface area contributed by atoms with E-state index in [9.17, 15) is 4.79 Å². The summed E-state index contributed by atoms with van der Waals surface area (Å²) in [6, 6.07) is 5.43. The number of amides is 1. The van der Waals surface area contributed by atoms with Crippen LogP contribution >= 0.6 is 31.9 Å². The van der Waals surface area contributed by atoms with E-state index in [1.54, 1.807) is 19.9 Å². The van der Waals surface area contributed by atoms with Crippen molar-refractivity contribution in [3.8, 4) is 5.75 Å². The summed E-state index contributed by atoms with van der Waals surface area (Å²) >= 11 is 6.68. The minimum absolute atomic E-state index is 0.0936. The van der Waals surface area contributed by atoms with E-state index in [0.717, 1.165) is 8.95 Å². The number of ether oxygens (including phenoxy) is 1. The van der Waals surface area contributed by atoms with Gasteiger partial charge in [0.15, 0.2) is 6.61 Å². The van der Waals surface area contributed by atoms with Crippen LogP contribution in [0.5, 0.6) is 5.75 Å². The van der Waals surface area contributed by atoms with Crippen molar-refractivity contribution >= 4 is 37.8 Å². The van der Waals surface area contributed by atoms with Crippen molar-refractivity contribution in [1.82, 2.24) is 5.32 Å². The summed E-state index contributed by atoms with van der Waals surface area (Å²) in [4.78, 5) is 11.6. The Hall–Kier alpha value is -0.590. The van der Waals surface area contributed by atoms with Crippen LogP contribution in [0.15, 0.2) is 27.1 Å². The van der Waals surface area contributed by atoms with Crippen LogP contribution in [0.1, 0.15) is 13.8 Å². The maximum atomic E-state index is 11.6. The molecule has 0 heterocycles. The highest BCUT2D eigenvalue weighted by Gasteiger charge is 2.19. The molecule has 2 N–H and O–H groups in total. The molecular formula is C12H15Br2NO3. The van der Waals surface area contributed by atoms with Gasteiger partial charge in [-0.15, -0.1) is 0 Å². The van der Waals surface area contributed by atoms with Gasteiger partial charge in [-0.1, -0.05) is 15.9 Å². The smallest absolute Gasteiger partial charge is 0.258 e. The molecular weight excluding hydrogens is 366 g/mol. The molecule has 0 bridgehead atoms. The van der Waals surface area contributed by atoms with E-state index in [4.69, 9.17) is 9.84 Å². The Labute approximate surface area is 123 Å². The number of aliphatic hydroxyl groups is 1. The monoisotopic (exact) mass is 379 g/mol. The van der Waals surface area contributed by atoms with Crippen LogP contribution in [0.25, 0.3) is 0 Å². The van der Waals surface area contributed by atoms with Gasteiger partial charge >= 0.3 is 0 Å². The fourth-order valence-corrected chi connectivity index (χ4v) is 2.35. The first kappa shape index (κ1) is 15.5. The fraction of sp³-hybridized carbons (Fsp3) is 0.417. The lowest BCUT2D eigenvalue weighted by atomic mass is 10.1. The lowest BCUT2D eigenvalue weighted by Crippen LogP contribution is -2.48. The molecule has 0 saturated heterocycles. The second-order valence-corrected chi connectivity index (χ2v) is 6.22. The van der Waals surface area contributed by atoms with Crippen molar-refractivity contribution in [2.45, 2.75) is 19.4 Å². The minimum Gasteiger partial charge on any atom is -0.483 e. The van der Waals surface area contributed by atoms with Crippen molar-refractivity contribution in [2.75, 3.05) is 13.2 Å². The van der Waals surface area contributed by atoms with Crippen molar-refractivity contribution < 1.29 is 14.6 Å². The fourth-order valence-electron chi connectivity index (χ4n) is 1.19. The molecule has 1 rings (SSSR count). The quantitative estimate of drug-likeness (QED) is 0.824. The SMILES string of the molecule is CC(C)(CO)NC(=O)COc1ccc(Br)cc1Br. The zero-order valence-electron chi connectivity index (χ0n) is 10.2. The first-order chi connectivity index (χ1) is 8.34. The van der Waals surface area contributed by atoms with Crippen molar-refractivity contribution in [3.05, 3.63) is 27.1 Å². The summed E-state index contributed by atoms with van der Waals surface area (Å²) in [6.07, 6.45) is 0. The molecule has 18 heavy (non-hydrogen) atoms. The van der Waals surface area contributed by atoms with Gasteiger partial charge in [0.1, 0.15) is 5.75 Å². The van der Waals surface area contributed by atoms with Gasteiger partial charge in [-0.2, -0.15) is 0 Å². The molecule has 0 aliphatic heterocycles. The average Bonchev–Trinajstić information content (AvgIpc) is 2.27. The summed E-state index contributed by atoms with van der Waals surface area (Å²) < 4.78 is 7.08. The van der Waals surface area contributed by atoms with Gasteiger partial charge < -0.3 is 15.2 Å². The topological polar surface area (TPSA) is 58.6 Å². The average molecular weight is 381 g/mol. The minimum atomic E-state index is -0.641. The summed E-state index contributed by atoms with van der Waals surface area (Å²) in [5.74, 6) is 0.319. The van der Waals surface area contributed by atoms with E-state index >= 15 is 0 Å². The standard InChI is InChI=1S/C12H15Br2NO3/c1-12(2,7-16)15-11(17)6-18-10-4-3-8(13)5-9(10)14/h3-5,16H,6-7H2,1-2H3,(H,15,17). The zero-order valence-corrected chi connectivity index (χ0v) is 13.3. The molecule has 0 spiro atoms. The third kappa shape index (κ3) is 4.96. The van der Waals surface area contributed by atoms with Crippen LogP contribution in [-0.2, 0) is 4.79 Å². The van der Waals surface area contributed by atoms with E-state index in [2.05, 4.69) is 37.2 Å². The second-order valence-electron chi connectivity index (χ2n) is 4.45. The third-order valence-corrected chi connectivity index (χ3v) is 3.24. The van der Waals surface area contributed by atoms with Gasteiger partial charge in [-0.25, -0.2) is 0 Å². The number of aliphatic hydroxyl groups excluding tert-OH is 1. The Kier molecular flexibility index (Phi) is 5.62. The Morgan fingerprint density at radius 2 is 2.11 bits per heavy atom. The number of rotatable bonds is 5. The molecule has 0 fully saturated rings. The largest absolute Gasteiger partial charge is 0.483 e. The number of benzene rings is 1. The highest BCUT2D eigenvalue weighted by Crippen LogP contribution is 2.28. The summed E-state index contributed by atoms with van der Waals surface area (Å²) in [7, 11) is 0. The number of nitrogens with one attached hydrogen (secondary N) is 1. The summed E-state index contributed by atoms with van der Waals surface area (Å²) in [5.41, 5.74) is -0.641. The molecule has 0 saturated carbocycles. The molecule has 0 unspecified atom stereocenters. The molecule has 4 nitrogen and oxygen atoms in total. The van der Waals surface area contributed by atoms with Crippen molar-refractivity contribution in [2.24, 2.45) is 0 Å². The Bertz CT molecular complexity index is 435. The van der Waals surface area contributed by atoms with Crippen LogP contribution in [0.3, 0.4) is 0 Å². The van der Waals surface area contributed by atoms with E-state index in [-0.39, 0.29) is 19.1 Å². The lowest BCUT2D eigenvalue weighted by molar-refractivity contribution is -0.125. The highest BCUT2D eigenvalue weighted by molar-refractivity contribution is 9.11. The molecule has 1 aromatic carbocycles. The number of carbonyl (C=O) groups is 1. The second kappa shape index (κ2) is 6.54. The zero-order chi connectivity index (χ0) is 13.8. The summed E-state index contributed by atoms with van der Waals surface area (Å²) in [5, 5.41) is 11.7. The predicted octanol–water partition coefficient (Wildman–Crippen LogP) is 2.48. The molecule has 6 heteroatoms. The van der Waals surface area contributed by atoms with E-state index in [1.807, 2.05) is 12.1 Å². The molecule has 1 amide bonds. The first-order valence-corrected chi connectivity index (χ1v) is 6.92. The normalized spacial score (nSPS) is 11.2. The van der Waals surface area contributed by atoms with Gasteiger partial charge in [0.05, 0.1) is 16.6 Å². The Balaban J connectivity index is 2.53. The molecule has 0 atom stereocenters. The molecule has 1 aromatic rings.